The molecule has 1 fully saturated rings. The average Bonchev–Trinajstić information content (AvgIpc) is 2.66. The van der Waals surface area contributed by atoms with Crippen LogP contribution in [-0.2, 0) is 10.0 Å². The summed E-state index contributed by atoms with van der Waals surface area (Å²) in [5.41, 5.74) is 0. The lowest BCUT2D eigenvalue weighted by Gasteiger charge is -2.20. The molecule has 0 radical (unpaired) electrons. The quantitative estimate of drug-likeness (QED) is 0.745. The first-order chi connectivity index (χ1) is 9.05. The van der Waals surface area contributed by atoms with Crippen molar-refractivity contribution in [2.75, 3.05) is 38.6 Å². The van der Waals surface area contributed by atoms with E-state index < -0.39 is 10.0 Å². The van der Waals surface area contributed by atoms with Gasteiger partial charge >= 0.3 is 0 Å². The Hall–Kier alpha value is 0.340. The molecule has 0 unspecified atom stereocenters. The van der Waals surface area contributed by atoms with Gasteiger partial charge in [-0.1, -0.05) is 0 Å². The Bertz CT molecular complexity index is 521. The lowest BCUT2D eigenvalue weighted by Crippen LogP contribution is -2.35. The van der Waals surface area contributed by atoms with Crippen LogP contribution in [0.15, 0.2) is 20.1 Å². The molecule has 8 heteroatoms. The van der Waals surface area contributed by atoms with Crippen LogP contribution in [0.3, 0.4) is 0 Å². The van der Waals surface area contributed by atoms with Gasteiger partial charge < -0.3 is 4.90 Å². The van der Waals surface area contributed by atoms with Gasteiger partial charge in [0.1, 0.15) is 4.21 Å². The van der Waals surface area contributed by atoms with Crippen LogP contribution in [0.2, 0.25) is 0 Å². The molecule has 0 atom stereocenters. The lowest BCUT2D eigenvalue weighted by atomic mass is 10.4. The molecule has 0 aromatic carbocycles. The van der Waals surface area contributed by atoms with Gasteiger partial charge in [-0.3, -0.25) is 0 Å². The van der Waals surface area contributed by atoms with Gasteiger partial charge in [0.2, 0.25) is 0 Å². The third-order valence-electron chi connectivity index (χ3n) is 3.11. The minimum absolute atomic E-state index is 0.401. The maximum Gasteiger partial charge on any atom is 0.253 e. The fraction of sp³-hybridized carbons (Fsp3) is 0.636. The van der Waals surface area contributed by atoms with Gasteiger partial charge in [-0.05, 0) is 40.3 Å². The summed E-state index contributed by atoms with van der Waals surface area (Å²) >= 11 is 10.3. The molecule has 4 nitrogen and oxygen atoms in total. The van der Waals surface area contributed by atoms with Crippen molar-refractivity contribution in [3.05, 3.63) is 15.9 Å². The molecular weight excluding hydrogens is 372 g/mol. The Morgan fingerprint density at radius 3 is 2.74 bits per heavy atom. The molecular formula is C11H16BrClN2O2S2. The van der Waals surface area contributed by atoms with Crippen LogP contribution in [0.25, 0.3) is 0 Å². The van der Waals surface area contributed by atoms with E-state index in [0.29, 0.717) is 27.7 Å². The second kappa shape index (κ2) is 6.87. The van der Waals surface area contributed by atoms with Crippen LogP contribution in [-0.4, -0.2) is 56.2 Å². The van der Waals surface area contributed by atoms with Crippen LogP contribution >= 0.6 is 38.9 Å². The first-order valence-corrected chi connectivity index (χ1v) is 9.72. The zero-order valence-electron chi connectivity index (χ0n) is 10.4. The summed E-state index contributed by atoms with van der Waals surface area (Å²) in [7, 11) is -3.37. The third kappa shape index (κ3) is 3.71. The van der Waals surface area contributed by atoms with Gasteiger partial charge in [-0.2, -0.15) is 4.31 Å². The van der Waals surface area contributed by atoms with Crippen molar-refractivity contribution in [2.24, 2.45) is 0 Å². The maximum absolute atomic E-state index is 12.5. The minimum Gasteiger partial charge on any atom is -0.301 e. The Kier molecular flexibility index (Phi) is 5.68. The molecule has 0 aliphatic carbocycles. The number of halogens is 2. The molecule has 19 heavy (non-hydrogen) atoms. The Morgan fingerprint density at radius 1 is 1.32 bits per heavy atom. The van der Waals surface area contributed by atoms with E-state index in [-0.39, 0.29) is 0 Å². The summed E-state index contributed by atoms with van der Waals surface area (Å²) in [6.07, 6.45) is 0.846. The van der Waals surface area contributed by atoms with Crippen molar-refractivity contribution < 1.29 is 8.42 Å². The van der Waals surface area contributed by atoms with Gasteiger partial charge in [0, 0.05) is 36.5 Å². The monoisotopic (exact) mass is 386 g/mol. The molecule has 1 aliphatic rings. The Labute approximate surface area is 131 Å². The molecule has 0 bridgehead atoms. The van der Waals surface area contributed by atoms with Crippen LogP contribution in [0.5, 0.6) is 0 Å². The molecule has 0 spiro atoms. The number of thiophene rings is 1. The second-order valence-corrected chi connectivity index (χ2v) is 8.63. The normalized spacial score (nSPS) is 19.5. The molecule has 1 aromatic heterocycles. The molecule has 108 valence electrons. The summed E-state index contributed by atoms with van der Waals surface area (Å²) in [6.45, 7) is 3.58. The van der Waals surface area contributed by atoms with E-state index in [1.54, 1.807) is 15.8 Å². The largest absolute Gasteiger partial charge is 0.301 e. The fourth-order valence-corrected chi connectivity index (χ4v) is 6.27. The molecule has 1 aromatic rings. The Balaban J connectivity index is 2.12. The fourth-order valence-electron chi connectivity index (χ4n) is 2.11. The van der Waals surface area contributed by atoms with Gasteiger partial charge in [-0.25, -0.2) is 8.42 Å². The van der Waals surface area contributed by atoms with Gasteiger partial charge in [0.15, 0.2) is 0 Å². The van der Waals surface area contributed by atoms with Crippen LogP contribution < -0.4 is 0 Å². The highest BCUT2D eigenvalue weighted by Crippen LogP contribution is 2.30. The summed E-state index contributed by atoms with van der Waals surface area (Å²) in [5.74, 6) is 0.587. The van der Waals surface area contributed by atoms with E-state index in [9.17, 15) is 8.42 Å². The average molecular weight is 388 g/mol. The van der Waals surface area contributed by atoms with Crippen molar-refractivity contribution in [3.8, 4) is 0 Å². The minimum atomic E-state index is -3.37. The molecule has 1 aliphatic heterocycles. The van der Waals surface area contributed by atoms with E-state index in [1.165, 1.54) is 11.3 Å². The number of alkyl halides is 1. The molecule has 0 amide bonds. The van der Waals surface area contributed by atoms with E-state index in [2.05, 4.69) is 20.8 Å². The van der Waals surface area contributed by atoms with Crippen LogP contribution in [0.4, 0.5) is 0 Å². The van der Waals surface area contributed by atoms with E-state index >= 15 is 0 Å². The smallest absolute Gasteiger partial charge is 0.253 e. The number of sulfonamides is 1. The van der Waals surface area contributed by atoms with Gasteiger partial charge in [-0.15, -0.1) is 22.9 Å². The van der Waals surface area contributed by atoms with Crippen molar-refractivity contribution in [1.82, 2.24) is 9.21 Å². The van der Waals surface area contributed by atoms with E-state index in [0.717, 1.165) is 26.1 Å². The summed E-state index contributed by atoms with van der Waals surface area (Å²) < 4.78 is 27.7. The number of hydrogen-bond donors (Lipinski definition) is 0. The van der Waals surface area contributed by atoms with Crippen LogP contribution in [0.1, 0.15) is 6.42 Å². The van der Waals surface area contributed by atoms with Crippen LogP contribution in [0, 0.1) is 0 Å². The second-order valence-electron chi connectivity index (χ2n) is 4.34. The van der Waals surface area contributed by atoms with Crippen molar-refractivity contribution in [1.29, 1.82) is 0 Å². The third-order valence-corrected chi connectivity index (χ3v) is 7.82. The molecule has 0 N–H and O–H groups in total. The predicted molar refractivity (Wildman–Crippen MR) is 82.6 cm³/mol. The molecule has 2 rings (SSSR count). The van der Waals surface area contributed by atoms with Gasteiger partial charge in [0.05, 0.1) is 0 Å². The maximum atomic E-state index is 12.5. The molecule has 0 saturated carbocycles. The van der Waals surface area contributed by atoms with E-state index in [4.69, 9.17) is 11.6 Å². The first kappa shape index (κ1) is 15.7. The van der Waals surface area contributed by atoms with Crippen molar-refractivity contribution in [3.63, 3.8) is 0 Å². The zero-order valence-corrected chi connectivity index (χ0v) is 14.4. The lowest BCUT2D eigenvalue weighted by molar-refractivity contribution is 0.303. The number of rotatable bonds is 4. The highest BCUT2D eigenvalue weighted by Gasteiger charge is 2.29. The number of hydrogen-bond acceptors (Lipinski definition) is 4. The summed E-state index contributed by atoms with van der Waals surface area (Å²) in [6, 6.07) is 1.77. The van der Waals surface area contributed by atoms with Gasteiger partial charge in [0.25, 0.3) is 10.0 Å². The molecule has 2 heterocycles. The Morgan fingerprint density at radius 2 is 2.11 bits per heavy atom. The summed E-state index contributed by atoms with van der Waals surface area (Å²) in [5, 5.41) is 1.79. The highest BCUT2D eigenvalue weighted by atomic mass is 79.9. The summed E-state index contributed by atoms with van der Waals surface area (Å²) in [4.78, 5) is 2.21. The van der Waals surface area contributed by atoms with Crippen molar-refractivity contribution in [2.45, 2.75) is 10.6 Å². The standard InChI is InChI=1S/C11H16BrClN2O2S2/c12-10-2-9-18-11(10)19(16,17)15-5-1-4-14(6-3-13)7-8-15/h2,9H,1,3-8H2. The van der Waals surface area contributed by atoms with Crippen molar-refractivity contribution >= 4 is 48.9 Å². The zero-order chi connectivity index (χ0) is 13.9. The molecule has 1 saturated heterocycles. The topological polar surface area (TPSA) is 40.6 Å². The first-order valence-electron chi connectivity index (χ1n) is 6.07. The predicted octanol–water partition coefficient (Wildman–Crippen LogP) is 2.45. The van der Waals surface area contributed by atoms with E-state index in [1.807, 2.05) is 0 Å². The highest BCUT2D eigenvalue weighted by molar-refractivity contribution is 9.10. The SMILES string of the molecule is O=S(=O)(c1sccc1Br)N1CCCN(CCCl)CC1. The number of nitrogens with zero attached hydrogens (tertiary/aromatic N) is 2.